The summed E-state index contributed by atoms with van der Waals surface area (Å²) >= 11 is 1.48. The molecular formula is C19H16O6S. The zero-order chi connectivity index (χ0) is 18.9. The van der Waals surface area contributed by atoms with E-state index in [0.717, 1.165) is 5.56 Å². The zero-order valence-corrected chi connectivity index (χ0v) is 15.0. The number of carboxylic acid groups (broad SMARTS) is 1. The molecule has 0 aliphatic carbocycles. The van der Waals surface area contributed by atoms with Crippen LogP contribution in [0.4, 0.5) is 0 Å². The standard InChI is InChI=1S/C19H16O6S/c1-3-24-18(23)19(2,17(21)22)12-4-5-15-13(8-12)14(20)9-16(25-15)11-6-7-26-10-11/h4-10H,3H2,1-2H3,(H,21,22). The average Bonchev–Trinajstić information content (AvgIpc) is 3.15. The molecular weight excluding hydrogens is 356 g/mol. The van der Waals surface area contributed by atoms with Crippen molar-refractivity contribution in [2.75, 3.05) is 6.61 Å². The Hall–Kier alpha value is -2.93. The van der Waals surface area contributed by atoms with E-state index in [1.165, 1.54) is 42.5 Å². The van der Waals surface area contributed by atoms with Crippen molar-refractivity contribution >= 4 is 34.2 Å². The Morgan fingerprint density at radius 2 is 2.04 bits per heavy atom. The molecule has 7 heteroatoms. The molecule has 1 atom stereocenters. The summed E-state index contributed by atoms with van der Waals surface area (Å²) in [5.41, 5.74) is -0.959. The molecule has 0 spiro atoms. The SMILES string of the molecule is CCOC(=O)C(C)(C(=O)O)c1ccc2oc(-c3ccsc3)cc(=O)c2c1. The van der Waals surface area contributed by atoms with E-state index < -0.39 is 17.4 Å². The Kier molecular flexibility index (Phi) is 4.65. The Morgan fingerprint density at radius 1 is 1.27 bits per heavy atom. The maximum Gasteiger partial charge on any atom is 0.327 e. The van der Waals surface area contributed by atoms with E-state index in [9.17, 15) is 19.5 Å². The first-order valence-corrected chi connectivity index (χ1v) is 8.83. The largest absolute Gasteiger partial charge is 0.480 e. The number of fused-ring (bicyclic) bond motifs is 1. The Balaban J connectivity index is 2.16. The summed E-state index contributed by atoms with van der Waals surface area (Å²) in [6, 6.07) is 7.54. The van der Waals surface area contributed by atoms with Gasteiger partial charge in [0.1, 0.15) is 11.3 Å². The van der Waals surface area contributed by atoms with E-state index in [0.29, 0.717) is 11.3 Å². The third-order valence-corrected chi connectivity index (χ3v) is 4.90. The van der Waals surface area contributed by atoms with Gasteiger partial charge in [0.25, 0.3) is 0 Å². The lowest BCUT2D eigenvalue weighted by atomic mass is 9.82. The first kappa shape index (κ1) is 17.9. The van der Waals surface area contributed by atoms with E-state index in [-0.39, 0.29) is 23.0 Å². The van der Waals surface area contributed by atoms with Crippen molar-refractivity contribution in [3.05, 3.63) is 56.9 Å². The molecule has 0 fully saturated rings. The van der Waals surface area contributed by atoms with Crippen molar-refractivity contribution in [1.82, 2.24) is 0 Å². The van der Waals surface area contributed by atoms with Gasteiger partial charge >= 0.3 is 11.9 Å². The second kappa shape index (κ2) is 6.76. The lowest BCUT2D eigenvalue weighted by Gasteiger charge is -2.23. The molecule has 1 N–H and O–H groups in total. The van der Waals surface area contributed by atoms with E-state index >= 15 is 0 Å². The molecule has 134 valence electrons. The highest BCUT2D eigenvalue weighted by atomic mass is 32.1. The number of carbonyl (C=O) groups excluding carboxylic acids is 1. The van der Waals surface area contributed by atoms with Gasteiger partial charge in [-0.05, 0) is 43.0 Å². The quantitative estimate of drug-likeness (QED) is 0.545. The van der Waals surface area contributed by atoms with Crippen LogP contribution in [0.3, 0.4) is 0 Å². The summed E-state index contributed by atoms with van der Waals surface area (Å²) in [6.07, 6.45) is 0. The highest BCUT2D eigenvalue weighted by Crippen LogP contribution is 2.30. The van der Waals surface area contributed by atoms with Gasteiger partial charge in [-0.1, -0.05) is 6.07 Å². The van der Waals surface area contributed by atoms with Gasteiger partial charge in [-0.3, -0.25) is 14.4 Å². The molecule has 0 aliphatic heterocycles. The number of hydrogen-bond donors (Lipinski definition) is 1. The highest BCUT2D eigenvalue weighted by Gasteiger charge is 2.45. The van der Waals surface area contributed by atoms with Crippen LogP contribution >= 0.6 is 11.3 Å². The fourth-order valence-corrected chi connectivity index (χ4v) is 3.26. The molecule has 2 heterocycles. The predicted molar refractivity (Wildman–Crippen MR) is 97.4 cm³/mol. The number of carbonyl (C=O) groups is 2. The average molecular weight is 372 g/mol. The van der Waals surface area contributed by atoms with E-state index in [4.69, 9.17) is 9.15 Å². The molecule has 2 aromatic heterocycles. The van der Waals surface area contributed by atoms with Crippen molar-refractivity contribution in [3.8, 4) is 11.3 Å². The van der Waals surface area contributed by atoms with E-state index in [2.05, 4.69) is 0 Å². The summed E-state index contributed by atoms with van der Waals surface area (Å²) in [5, 5.41) is 13.5. The number of carboxylic acids is 1. The van der Waals surface area contributed by atoms with Crippen molar-refractivity contribution < 1.29 is 23.8 Å². The number of hydrogen-bond acceptors (Lipinski definition) is 6. The van der Waals surface area contributed by atoms with Gasteiger partial charge in [0, 0.05) is 17.0 Å². The molecule has 26 heavy (non-hydrogen) atoms. The van der Waals surface area contributed by atoms with Crippen LogP contribution in [0.15, 0.2) is 50.3 Å². The first-order valence-electron chi connectivity index (χ1n) is 7.89. The van der Waals surface area contributed by atoms with Gasteiger partial charge < -0.3 is 14.3 Å². The molecule has 0 amide bonds. The topological polar surface area (TPSA) is 93.8 Å². The number of thiophene rings is 1. The fourth-order valence-electron chi connectivity index (χ4n) is 2.62. The summed E-state index contributed by atoms with van der Waals surface area (Å²) in [4.78, 5) is 36.5. The molecule has 6 nitrogen and oxygen atoms in total. The lowest BCUT2D eigenvalue weighted by molar-refractivity contribution is -0.160. The molecule has 3 rings (SSSR count). The minimum atomic E-state index is -1.91. The van der Waals surface area contributed by atoms with Crippen LogP contribution < -0.4 is 5.43 Å². The Labute approximate surface area is 152 Å². The Bertz CT molecular complexity index is 1030. The van der Waals surface area contributed by atoms with Crippen molar-refractivity contribution in [2.45, 2.75) is 19.3 Å². The van der Waals surface area contributed by atoms with Gasteiger partial charge in [0.15, 0.2) is 10.8 Å². The molecule has 3 aromatic rings. The molecule has 1 aromatic carbocycles. The third-order valence-electron chi connectivity index (χ3n) is 4.22. The predicted octanol–water partition coefficient (Wildman–Crippen LogP) is 3.43. The summed E-state index contributed by atoms with van der Waals surface area (Å²) < 4.78 is 10.7. The molecule has 1 unspecified atom stereocenters. The number of aliphatic carboxylic acids is 1. The third kappa shape index (κ3) is 2.90. The van der Waals surface area contributed by atoms with Crippen LogP contribution in [-0.2, 0) is 19.7 Å². The van der Waals surface area contributed by atoms with Gasteiger partial charge in [-0.25, -0.2) is 0 Å². The van der Waals surface area contributed by atoms with Crippen LogP contribution in [0.25, 0.3) is 22.3 Å². The van der Waals surface area contributed by atoms with E-state index in [1.807, 2.05) is 16.8 Å². The van der Waals surface area contributed by atoms with E-state index in [1.54, 1.807) is 6.92 Å². The first-order chi connectivity index (χ1) is 12.4. The molecule has 0 radical (unpaired) electrons. The molecule has 0 saturated carbocycles. The maximum atomic E-state index is 12.5. The lowest BCUT2D eigenvalue weighted by Crippen LogP contribution is -2.42. The second-order valence-electron chi connectivity index (χ2n) is 5.85. The summed E-state index contributed by atoms with van der Waals surface area (Å²) in [6.45, 7) is 2.92. The Morgan fingerprint density at radius 3 is 2.65 bits per heavy atom. The van der Waals surface area contributed by atoms with Crippen LogP contribution in [0.2, 0.25) is 0 Å². The summed E-state index contributed by atoms with van der Waals surface area (Å²) in [5.74, 6) is -1.80. The van der Waals surface area contributed by atoms with Crippen LogP contribution in [-0.4, -0.2) is 23.7 Å². The van der Waals surface area contributed by atoms with Crippen LogP contribution in [0, 0.1) is 0 Å². The van der Waals surface area contributed by atoms with Gasteiger partial charge in [-0.2, -0.15) is 11.3 Å². The smallest absolute Gasteiger partial charge is 0.327 e. The molecule has 0 saturated heterocycles. The minimum Gasteiger partial charge on any atom is -0.480 e. The van der Waals surface area contributed by atoms with Gasteiger partial charge in [-0.15, -0.1) is 0 Å². The number of ether oxygens (including phenoxy) is 1. The van der Waals surface area contributed by atoms with Crippen molar-refractivity contribution in [3.63, 3.8) is 0 Å². The monoisotopic (exact) mass is 372 g/mol. The number of esters is 1. The maximum absolute atomic E-state index is 12.5. The normalized spacial score (nSPS) is 13.3. The molecule has 0 bridgehead atoms. The van der Waals surface area contributed by atoms with Crippen molar-refractivity contribution in [2.24, 2.45) is 0 Å². The molecule has 0 aliphatic rings. The summed E-state index contributed by atoms with van der Waals surface area (Å²) in [7, 11) is 0. The minimum absolute atomic E-state index is 0.0570. The fraction of sp³-hybridized carbons (Fsp3) is 0.211. The second-order valence-corrected chi connectivity index (χ2v) is 6.63. The highest BCUT2D eigenvalue weighted by molar-refractivity contribution is 7.08. The van der Waals surface area contributed by atoms with Crippen LogP contribution in [0.5, 0.6) is 0 Å². The van der Waals surface area contributed by atoms with Crippen LogP contribution in [0.1, 0.15) is 19.4 Å². The van der Waals surface area contributed by atoms with Gasteiger partial charge in [0.2, 0.25) is 0 Å². The van der Waals surface area contributed by atoms with Crippen molar-refractivity contribution in [1.29, 1.82) is 0 Å². The zero-order valence-electron chi connectivity index (χ0n) is 14.1. The number of benzene rings is 1. The van der Waals surface area contributed by atoms with Gasteiger partial charge in [0.05, 0.1) is 12.0 Å². The number of rotatable bonds is 5.